The summed E-state index contributed by atoms with van der Waals surface area (Å²) in [6.45, 7) is 3.79. The van der Waals surface area contributed by atoms with Crippen LogP contribution in [-0.4, -0.2) is 37.6 Å². The summed E-state index contributed by atoms with van der Waals surface area (Å²) in [4.78, 5) is 34.4. The zero-order chi connectivity index (χ0) is 18.0. The average Bonchev–Trinajstić information content (AvgIpc) is 3.07. The number of aromatic amines is 1. The maximum absolute atomic E-state index is 12.1. The predicted molar refractivity (Wildman–Crippen MR) is 90.9 cm³/mol. The number of H-pyrrole nitrogens is 1. The topological polar surface area (TPSA) is 120 Å². The van der Waals surface area contributed by atoms with Crippen LogP contribution in [0, 0.1) is 13.8 Å². The maximum Gasteiger partial charge on any atom is 0.303 e. The minimum absolute atomic E-state index is 0.0579. The van der Waals surface area contributed by atoms with Gasteiger partial charge in [-0.15, -0.1) is 0 Å². The van der Waals surface area contributed by atoms with Crippen LogP contribution < -0.4 is 5.43 Å². The lowest BCUT2D eigenvalue weighted by atomic mass is 10.0. The van der Waals surface area contributed by atoms with E-state index in [-0.39, 0.29) is 12.3 Å². The number of aliphatic carboxylic acids is 1. The first-order chi connectivity index (χ1) is 12.0. The minimum Gasteiger partial charge on any atom is -0.481 e. The van der Waals surface area contributed by atoms with Crippen LogP contribution in [0.5, 0.6) is 0 Å². The number of carboxylic acid groups (broad SMARTS) is 1. The summed E-state index contributed by atoms with van der Waals surface area (Å²) in [5.74, 6) is -1.16. The quantitative estimate of drug-likeness (QED) is 0.710. The van der Waals surface area contributed by atoms with Crippen molar-refractivity contribution in [2.24, 2.45) is 5.10 Å². The number of hydrogen-bond donors (Lipinski definition) is 3. The van der Waals surface area contributed by atoms with Crippen molar-refractivity contribution in [1.82, 2.24) is 20.4 Å². The molecule has 3 N–H and O–H groups in total. The number of carbonyl (C=O) groups is 2. The summed E-state index contributed by atoms with van der Waals surface area (Å²) in [6, 6.07) is 0. The van der Waals surface area contributed by atoms with E-state index < -0.39 is 5.97 Å². The van der Waals surface area contributed by atoms with Crippen molar-refractivity contribution >= 4 is 23.7 Å². The van der Waals surface area contributed by atoms with E-state index in [4.69, 9.17) is 5.11 Å². The van der Waals surface area contributed by atoms with Crippen LogP contribution in [0.25, 0.3) is 6.08 Å². The molecule has 0 saturated heterocycles. The highest BCUT2D eigenvalue weighted by Gasteiger charge is 2.26. The summed E-state index contributed by atoms with van der Waals surface area (Å²) in [5, 5.41) is 12.9. The molecule has 2 aromatic heterocycles. The molecule has 0 bridgehead atoms. The lowest BCUT2D eigenvalue weighted by Crippen LogP contribution is -2.14. The Balaban J connectivity index is 1.97. The highest BCUT2D eigenvalue weighted by molar-refractivity contribution is 6.32. The Morgan fingerprint density at radius 1 is 1.32 bits per heavy atom. The first-order valence-electron chi connectivity index (χ1n) is 7.73. The molecule has 2 aromatic rings. The summed E-state index contributed by atoms with van der Waals surface area (Å²) < 4.78 is 0. The maximum atomic E-state index is 12.1. The number of amides is 1. The molecule has 0 saturated carbocycles. The third kappa shape index (κ3) is 3.32. The number of aromatic nitrogens is 3. The molecule has 25 heavy (non-hydrogen) atoms. The Hall–Kier alpha value is -3.29. The molecule has 0 spiro atoms. The van der Waals surface area contributed by atoms with E-state index in [1.807, 2.05) is 13.8 Å². The van der Waals surface area contributed by atoms with Crippen molar-refractivity contribution < 1.29 is 14.7 Å². The van der Waals surface area contributed by atoms with Gasteiger partial charge in [0.05, 0.1) is 11.8 Å². The van der Waals surface area contributed by atoms with Crippen molar-refractivity contribution in [1.29, 1.82) is 0 Å². The number of carbonyl (C=O) groups excluding carboxylic acids is 1. The molecular weight excluding hydrogens is 322 g/mol. The number of nitrogens with zero attached hydrogens (tertiary/aromatic N) is 3. The third-order valence-electron chi connectivity index (χ3n) is 4.08. The molecule has 0 unspecified atom stereocenters. The van der Waals surface area contributed by atoms with Crippen LogP contribution in [0.4, 0.5) is 0 Å². The van der Waals surface area contributed by atoms with Crippen molar-refractivity contribution in [3.63, 3.8) is 0 Å². The first-order valence-corrected chi connectivity index (χ1v) is 7.73. The fourth-order valence-electron chi connectivity index (χ4n) is 2.80. The molecule has 8 nitrogen and oxygen atoms in total. The zero-order valence-electron chi connectivity index (χ0n) is 13.8. The number of hydrogen-bond acceptors (Lipinski definition) is 5. The van der Waals surface area contributed by atoms with Gasteiger partial charge < -0.3 is 10.1 Å². The van der Waals surface area contributed by atoms with Gasteiger partial charge in [-0.3, -0.25) is 19.6 Å². The summed E-state index contributed by atoms with van der Waals surface area (Å²) in [5.41, 5.74) is 7.26. The standard InChI is InChI=1S/C17H17N5O3/c1-9-11(3-4-15(23)24)10(2)20-13(9)7-12-16(21-22-17(12)25)14-8-18-5-6-19-14/h5-8,20H,3-4H2,1-2H3,(H,22,25)(H,23,24)/b12-7+. The number of nitrogens with one attached hydrogen (secondary N) is 2. The molecule has 0 radical (unpaired) electrons. The molecule has 0 aliphatic carbocycles. The highest BCUT2D eigenvalue weighted by Crippen LogP contribution is 2.23. The highest BCUT2D eigenvalue weighted by atomic mass is 16.4. The molecule has 3 heterocycles. The second kappa shape index (κ2) is 6.68. The summed E-state index contributed by atoms with van der Waals surface area (Å²) >= 11 is 0. The lowest BCUT2D eigenvalue weighted by Gasteiger charge is -2.01. The van der Waals surface area contributed by atoms with E-state index in [0.29, 0.717) is 23.4 Å². The number of hydrazone groups is 1. The largest absolute Gasteiger partial charge is 0.481 e. The van der Waals surface area contributed by atoms with Gasteiger partial charge in [0.1, 0.15) is 11.4 Å². The second-order valence-electron chi connectivity index (χ2n) is 5.71. The molecule has 128 valence electrons. The third-order valence-corrected chi connectivity index (χ3v) is 4.08. The normalized spacial score (nSPS) is 15.4. The van der Waals surface area contributed by atoms with Crippen LogP contribution in [0.3, 0.4) is 0 Å². The van der Waals surface area contributed by atoms with E-state index in [1.54, 1.807) is 12.3 Å². The van der Waals surface area contributed by atoms with Crippen LogP contribution in [0.15, 0.2) is 29.3 Å². The monoisotopic (exact) mass is 339 g/mol. The van der Waals surface area contributed by atoms with Gasteiger partial charge >= 0.3 is 5.97 Å². The summed E-state index contributed by atoms with van der Waals surface area (Å²) in [7, 11) is 0. The van der Waals surface area contributed by atoms with Crippen molar-refractivity contribution in [3.8, 4) is 0 Å². The fraction of sp³-hybridized carbons (Fsp3) is 0.235. The smallest absolute Gasteiger partial charge is 0.303 e. The number of carboxylic acids is 1. The summed E-state index contributed by atoms with van der Waals surface area (Å²) in [6.07, 6.45) is 6.82. The molecule has 0 fully saturated rings. The number of rotatable bonds is 5. The van der Waals surface area contributed by atoms with Gasteiger partial charge in [-0.2, -0.15) is 5.10 Å². The Morgan fingerprint density at radius 3 is 2.80 bits per heavy atom. The fourth-order valence-corrected chi connectivity index (χ4v) is 2.80. The van der Waals surface area contributed by atoms with E-state index in [9.17, 15) is 9.59 Å². The van der Waals surface area contributed by atoms with E-state index >= 15 is 0 Å². The molecule has 0 aromatic carbocycles. The van der Waals surface area contributed by atoms with Gasteiger partial charge in [-0.25, -0.2) is 5.43 Å². The van der Waals surface area contributed by atoms with E-state index in [2.05, 4.69) is 25.5 Å². The zero-order valence-corrected chi connectivity index (χ0v) is 13.8. The van der Waals surface area contributed by atoms with Gasteiger partial charge in [0.2, 0.25) is 0 Å². The number of aryl methyl sites for hydroxylation is 1. The van der Waals surface area contributed by atoms with Crippen LogP contribution in [-0.2, 0) is 16.0 Å². The molecule has 8 heteroatoms. The Morgan fingerprint density at radius 2 is 2.12 bits per heavy atom. The molecule has 1 amide bonds. The molecule has 1 aliphatic rings. The Bertz CT molecular complexity index is 897. The Kier molecular flexibility index (Phi) is 4.42. The Labute approximate surface area is 143 Å². The van der Waals surface area contributed by atoms with Crippen LogP contribution in [0.2, 0.25) is 0 Å². The van der Waals surface area contributed by atoms with Crippen LogP contribution in [0.1, 0.15) is 34.6 Å². The van der Waals surface area contributed by atoms with Crippen molar-refractivity contribution in [3.05, 3.63) is 52.4 Å². The van der Waals surface area contributed by atoms with Crippen molar-refractivity contribution in [2.75, 3.05) is 0 Å². The molecular formula is C17H17N5O3. The second-order valence-corrected chi connectivity index (χ2v) is 5.71. The lowest BCUT2D eigenvalue weighted by molar-refractivity contribution is -0.137. The van der Waals surface area contributed by atoms with E-state index in [1.165, 1.54) is 12.4 Å². The molecule has 3 rings (SSSR count). The van der Waals surface area contributed by atoms with Gasteiger partial charge in [-0.05, 0) is 37.5 Å². The molecule has 1 aliphatic heterocycles. The van der Waals surface area contributed by atoms with Crippen molar-refractivity contribution in [2.45, 2.75) is 26.7 Å². The van der Waals surface area contributed by atoms with Gasteiger partial charge in [-0.1, -0.05) is 0 Å². The van der Waals surface area contributed by atoms with Gasteiger partial charge in [0.15, 0.2) is 0 Å². The van der Waals surface area contributed by atoms with Crippen LogP contribution >= 0.6 is 0 Å². The minimum atomic E-state index is -0.841. The predicted octanol–water partition coefficient (Wildman–Crippen LogP) is 1.36. The van der Waals surface area contributed by atoms with Gasteiger partial charge in [0, 0.05) is 30.2 Å². The van der Waals surface area contributed by atoms with E-state index in [0.717, 1.165) is 22.5 Å². The van der Waals surface area contributed by atoms with Gasteiger partial charge in [0.25, 0.3) is 5.91 Å². The SMILES string of the molecule is Cc1[nH]c(/C=C2/C(=O)NN=C2c2cnccn2)c(C)c1CCC(=O)O. The molecule has 0 atom stereocenters. The first kappa shape index (κ1) is 16.6. The average molecular weight is 339 g/mol.